The van der Waals surface area contributed by atoms with E-state index in [1.807, 2.05) is 0 Å². The van der Waals surface area contributed by atoms with Crippen molar-refractivity contribution in [2.45, 2.75) is 32.7 Å². The number of hydrogen-bond acceptors (Lipinski definition) is 4. The first kappa shape index (κ1) is 18.0. The van der Waals surface area contributed by atoms with Crippen LogP contribution < -0.4 is 0 Å². The number of halogens is 3. The predicted octanol–water partition coefficient (Wildman–Crippen LogP) is 3.16. The molecule has 0 saturated carbocycles. The molecule has 18 heavy (non-hydrogen) atoms. The van der Waals surface area contributed by atoms with Gasteiger partial charge in [0, 0.05) is 0 Å². The Morgan fingerprint density at radius 2 is 1.50 bits per heavy atom. The summed E-state index contributed by atoms with van der Waals surface area (Å²) in [6.07, 6.45) is 0.754. The fraction of sp³-hybridized carbons (Fsp3) is 0.800. The molecule has 0 heterocycles. The van der Waals surface area contributed by atoms with Gasteiger partial charge in [-0.05, 0) is 26.3 Å². The molecule has 0 aliphatic heterocycles. The molecule has 8 heteroatoms. The number of hydrogen-bond donors (Lipinski definition) is 0. The molecular formula is C10H17Cl3O4Si. The summed E-state index contributed by atoms with van der Waals surface area (Å²) in [6.45, 7) is 3.78. The molecule has 0 aliphatic rings. The zero-order chi connectivity index (χ0) is 14.2. The maximum atomic E-state index is 11.6. The van der Waals surface area contributed by atoms with Gasteiger partial charge in [0.05, 0.1) is 13.2 Å². The molecule has 106 valence electrons. The zero-order valence-electron chi connectivity index (χ0n) is 10.4. The van der Waals surface area contributed by atoms with Gasteiger partial charge >= 0.3 is 17.9 Å². The molecule has 0 saturated heterocycles. The molecule has 0 aromatic heterocycles. The molecule has 0 spiro atoms. The Morgan fingerprint density at radius 1 is 1.06 bits per heavy atom. The third kappa shape index (κ3) is 8.19. The normalized spacial score (nSPS) is 11.4. The van der Waals surface area contributed by atoms with E-state index in [4.69, 9.17) is 42.7 Å². The third-order valence-electron chi connectivity index (χ3n) is 2.10. The Bertz CT molecular complexity index is 263. The van der Waals surface area contributed by atoms with Crippen LogP contribution in [-0.2, 0) is 19.1 Å². The fourth-order valence-electron chi connectivity index (χ4n) is 1.32. The van der Waals surface area contributed by atoms with Crippen LogP contribution in [0.25, 0.3) is 0 Å². The first-order valence-electron chi connectivity index (χ1n) is 5.71. The standard InChI is InChI=1S/C10H17Cl3O4Si/c1-3-16-9(14)8(10(15)17-4-2)6-5-7-18(11,12)13/h8H,3-7H2,1-2H3. The van der Waals surface area contributed by atoms with Gasteiger partial charge in [-0.25, -0.2) is 0 Å². The molecule has 0 bridgehead atoms. The largest absolute Gasteiger partial charge is 0.465 e. The smallest absolute Gasteiger partial charge is 0.341 e. The molecule has 4 nitrogen and oxygen atoms in total. The topological polar surface area (TPSA) is 52.6 Å². The Morgan fingerprint density at radius 3 is 1.83 bits per heavy atom. The minimum absolute atomic E-state index is 0.216. The van der Waals surface area contributed by atoms with Crippen LogP contribution >= 0.6 is 33.2 Å². The van der Waals surface area contributed by atoms with E-state index in [1.54, 1.807) is 13.8 Å². The predicted molar refractivity (Wildman–Crippen MR) is 74.1 cm³/mol. The number of ether oxygens (including phenoxy) is 2. The van der Waals surface area contributed by atoms with Gasteiger partial charge < -0.3 is 9.47 Å². The van der Waals surface area contributed by atoms with Crippen LogP contribution in [0.2, 0.25) is 6.04 Å². The second-order valence-corrected chi connectivity index (χ2v) is 12.8. The van der Waals surface area contributed by atoms with Crippen LogP contribution in [0.5, 0.6) is 0 Å². The highest BCUT2D eigenvalue weighted by Crippen LogP contribution is 2.28. The van der Waals surface area contributed by atoms with E-state index < -0.39 is 23.9 Å². The van der Waals surface area contributed by atoms with E-state index in [2.05, 4.69) is 0 Å². The monoisotopic (exact) mass is 334 g/mol. The van der Waals surface area contributed by atoms with E-state index in [9.17, 15) is 9.59 Å². The maximum absolute atomic E-state index is 11.6. The Kier molecular flexibility index (Phi) is 9.03. The highest BCUT2D eigenvalue weighted by molar-refractivity contribution is 7.64. The molecule has 0 aromatic carbocycles. The Labute approximate surface area is 122 Å². The minimum atomic E-state index is -2.72. The van der Waals surface area contributed by atoms with Crippen LogP contribution in [0.3, 0.4) is 0 Å². The minimum Gasteiger partial charge on any atom is -0.465 e. The van der Waals surface area contributed by atoms with Crippen LogP contribution in [0.4, 0.5) is 0 Å². The first-order valence-corrected chi connectivity index (χ1v) is 11.0. The third-order valence-corrected chi connectivity index (χ3v) is 4.72. The lowest BCUT2D eigenvalue weighted by atomic mass is 10.0. The second-order valence-electron chi connectivity index (χ2n) is 3.56. The van der Waals surface area contributed by atoms with Crippen molar-refractivity contribution in [1.82, 2.24) is 0 Å². The van der Waals surface area contributed by atoms with Crippen molar-refractivity contribution < 1.29 is 19.1 Å². The summed E-state index contributed by atoms with van der Waals surface area (Å²) in [5, 5.41) is 0. The molecular weight excluding hydrogens is 319 g/mol. The van der Waals surface area contributed by atoms with E-state index in [0.717, 1.165) is 0 Å². The quantitative estimate of drug-likeness (QED) is 0.296. The zero-order valence-corrected chi connectivity index (χ0v) is 13.6. The first-order chi connectivity index (χ1) is 8.31. The van der Waals surface area contributed by atoms with Crippen LogP contribution in [0, 0.1) is 5.92 Å². The average molecular weight is 336 g/mol. The van der Waals surface area contributed by atoms with Crippen molar-refractivity contribution >= 4 is 51.2 Å². The summed E-state index contributed by atoms with van der Waals surface area (Å²) >= 11 is 17.2. The van der Waals surface area contributed by atoms with E-state index >= 15 is 0 Å². The summed E-state index contributed by atoms with van der Waals surface area (Å²) in [4.78, 5) is 23.2. The van der Waals surface area contributed by atoms with Gasteiger partial charge in [-0.2, -0.15) is 0 Å². The summed E-state index contributed by atoms with van der Waals surface area (Å²) in [7, 11) is 0. The Hall–Kier alpha value is 0.0269. The van der Waals surface area contributed by atoms with Crippen molar-refractivity contribution in [2.75, 3.05) is 13.2 Å². The van der Waals surface area contributed by atoms with Crippen molar-refractivity contribution in [2.24, 2.45) is 5.92 Å². The van der Waals surface area contributed by atoms with E-state index in [0.29, 0.717) is 12.5 Å². The van der Waals surface area contributed by atoms with Gasteiger partial charge in [0.25, 0.3) is 0 Å². The molecule has 0 amide bonds. The number of rotatable bonds is 8. The molecule has 0 fully saturated rings. The summed E-state index contributed by atoms with van der Waals surface area (Å²) in [5.74, 6) is -2.09. The van der Waals surface area contributed by atoms with Gasteiger partial charge in [0.15, 0.2) is 5.92 Å². The molecule has 0 radical (unpaired) electrons. The number of carbonyl (C=O) groups is 2. The lowest BCUT2D eigenvalue weighted by Gasteiger charge is -2.15. The SMILES string of the molecule is CCOC(=O)C(CCC[Si](Cl)(Cl)Cl)C(=O)OCC. The van der Waals surface area contributed by atoms with Crippen LogP contribution in [0.15, 0.2) is 0 Å². The van der Waals surface area contributed by atoms with Crippen LogP contribution in [0.1, 0.15) is 26.7 Å². The lowest BCUT2D eigenvalue weighted by Crippen LogP contribution is -2.28. The Balaban J connectivity index is 4.38. The van der Waals surface area contributed by atoms with Crippen molar-refractivity contribution in [1.29, 1.82) is 0 Å². The van der Waals surface area contributed by atoms with Gasteiger partial charge in [0.2, 0.25) is 0 Å². The molecule has 0 atom stereocenters. The van der Waals surface area contributed by atoms with Crippen molar-refractivity contribution in [3.05, 3.63) is 0 Å². The van der Waals surface area contributed by atoms with Gasteiger partial charge in [0.1, 0.15) is 0 Å². The lowest BCUT2D eigenvalue weighted by molar-refractivity contribution is -0.161. The van der Waals surface area contributed by atoms with Crippen LogP contribution in [-0.4, -0.2) is 31.2 Å². The summed E-state index contributed by atoms with van der Waals surface area (Å²) in [6, 6.07) is -2.32. The van der Waals surface area contributed by atoms with Gasteiger partial charge in [-0.15, -0.1) is 33.2 Å². The second kappa shape index (κ2) is 9.01. The van der Waals surface area contributed by atoms with E-state index in [1.165, 1.54) is 0 Å². The average Bonchev–Trinajstić information content (AvgIpc) is 2.23. The van der Waals surface area contributed by atoms with Gasteiger partial charge in [-0.3, -0.25) is 9.59 Å². The fourth-order valence-corrected chi connectivity index (χ4v) is 3.13. The van der Waals surface area contributed by atoms with E-state index in [-0.39, 0.29) is 19.6 Å². The number of carbonyl (C=O) groups excluding carboxylic acids is 2. The summed E-state index contributed by atoms with van der Waals surface area (Å²) < 4.78 is 9.65. The maximum Gasteiger partial charge on any atom is 0.341 e. The van der Waals surface area contributed by atoms with Crippen molar-refractivity contribution in [3.63, 3.8) is 0 Å². The molecule has 0 aromatic rings. The highest BCUT2D eigenvalue weighted by atomic mass is 35.8. The molecule has 0 N–H and O–H groups in total. The molecule has 0 unspecified atom stereocenters. The molecule has 0 rings (SSSR count). The summed E-state index contributed by atoms with van der Waals surface area (Å²) in [5.41, 5.74) is 0. The molecule has 0 aliphatic carbocycles. The van der Waals surface area contributed by atoms with Crippen molar-refractivity contribution in [3.8, 4) is 0 Å². The van der Waals surface area contributed by atoms with Gasteiger partial charge in [-0.1, -0.05) is 6.42 Å². The number of esters is 2. The highest BCUT2D eigenvalue weighted by Gasteiger charge is 2.31.